The summed E-state index contributed by atoms with van der Waals surface area (Å²) in [5.74, 6) is 0.0168. The first-order valence-corrected chi connectivity index (χ1v) is 13.0. The Kier molecular flexibility index (Phi) is 7.71. The minimum absolute atomic E-state index is 0.0168. The second-order valence-electron chi connectivity index (χ2n) is 10.8. The van der Waals surface area contributed by atoms with Gasteiger partial charge in [-0.05, 0) is 66.6 Å². The predicted octanol–water partition coefficient (Wildman–Crippen LogP) is 7.45. The van der Waals surface area contributed by atoms with Gasteiger partial charge in [-0.2, -0.15) is 0 Å². The van der Waals surface area contributed by atoms with Gasteiger partial charge in [0.2, 0.25) is 0 Å². The average molecular weight is 485 g/mol. The maximum atomic E-state index is 13.1. The Labute approximate surface area is 215 Å². The summed E-state index contributed by atoms with van der Waals surface area (Å²) in [5, 5.41) is 7.61. The monoisotopic (exact) mass is 484 g/mol. The smallest absolute Gasteiger partial charge is 0.193 e. The molecule has 0 amide bonds. The molecule has 0 aliphatic heterocycles. The molecule has 182 valence electrons. The molecule has 1 fully saturated rings. The molecule has 0 radical (unpaired) electrons. The first-order chi connectivity index (χ1) is 16.7. The van der Waals surface area contributed by atoms with Gasteiger partial charge < -0.3 is 10.6 Å². The van der Waals surface area contributed by atoms with Gasteiger partial charge in [-0.3, -0.25) is 4.79 Å². The normalized spacial score (nSPS) is 14.9. The van der Waals surface area contributed by atoms with Crippen LogP contribution < -0.4 is 10.6 Å². The number of ketones is 1. The number of hydrogen-bond acceptors (Lipinski definition) is 2. The minimum Gasteiger partial charge on any atom is -0.357 e. The van der Waals surface area contributed by atoms with Crippen LogP contribution in [0.5, 0.6) is 0 Å². The Balaban J connectivity index is 1.41. The minimum atomic E-state index is 0.0168. The summed E-state index contributed by atoms with van der Waals surface area (Å²) >= 11 is 5.72. The van der Waals surface area contributed by atoms with Crippen LogP contribution in [-0.4, -0.2) is 16.4 Å². The molecular weight excluding hydrogens is 448 g/mol. The number of nitrogens with one attached hydrogen (secondary N) is 2. The van der Waals surface area contributed by atoms with Gasteiger partial charge in [0.05, 0.1) is 0 Å². The van der Waals surface area contributed by atoms with E-state index >= 15 is 0 Å². The summed E-state index contributed by atoms with van der Waals surface area (Å²) in [6.07, 6.45) is 6.80. The van der Waals surface area contributed by atoms with E-state index in [-0.39, 0.29) is 16.7 Å². The molecule has 0 bridgehead atoms. The van der Waals surface area contributed by atoms with Crippen LogP contribution in [0.25, 0.3) is 0 Å². The lowest BCUT2D eigenvalue weighted by Crippen LogP contribution is -2.48. The lowest BCUT2D eigenvalue weighted by atomic mass is 9.86. The highest BCUT2D eigenvalue weighted by Gasteiger charge is 2.34. The molecule has 3 nitrogen and oxygen atoms in total. The van der Waals surface area contributed by atoms with E-state index in [4.69, 9.17) is 12.2 Å². The number of carbonyl (C=O) groups is 1. The second kappa shape index (κ2) is 10.7. The Morgan fingerprint density at radius 2 is 1.57 bits per heavy atom. The molecule has 0 atom stereocenters. The molecule has 0 aromatic heterocycles. The first-order valence-electron chi connectivity index (χ1n) is 12.6. The fraction of sp³-hybridized carbons (Fsp3) is 0.355. The van der Waals surface area contributed by atoms with Gasteiger partial charge in [0.15, 0.2) is 10.9 Å². The maximum Gasteiger partial charge on any atom is 0.193 e. The summed E-state index contributed by atoms with van der Waals surface area (Å²) < 4.78 is 0. The molecule has 1 aliphatic rings. The van der Waals surface area contributed by atoms with Crippen molar-refractivity contribution < 1.29 is 4.79 Å². The van der Waals surface area contributed by atoms with E-state index in [9.17, 15) is 4.79 Å². The first kappa shape index (κ1) is 25.1. The molecule has 3 aromatic rings. The van der Waals surface area contributed by atoms with Crippen molar-refractivity contribution in [3.63, 3.8) is 0 Å². The van der Waals surface area contributed by atoms with Crippen LogP contribution in [0.4, 0.5) is 5.69 Å². The Hall–Kier alpha value is -2.98. The van der Waals surface area contributed by atoms with Crippen LogP contribution in [0.3, 0.4) is 0 Å². The zero-order valence-corrected chi connectivity index (χ0v) is 21.9. The van der Waals surface area contributed by atoms with E-state index in [0.717, 1.165) is 31.4 Å². The predicted molar refractivity (Wildman–Crippen MR) is 150 cm³/mol. The SMILES string of the molecule is CC(C)(C)c1ccc(C(=O)c2cccc(NC(=S)NC3(CCc4ccccc4)CCCC3)c2)cc1. The van der Waals surface area contributed by atoms with E-state index in [1.807, 2.05) is 48.5 Å². The van der Waals surface area contributed by atoms with E-state index in [2.05, 4.69) is 61.7 Å². The van der Waals surface area contributed by atoms with Crippen LogP contribution in [0, 0.1) is 0 Å². The quantitative estimate of drug-likeness (QED) is 0.270. The van der Waals surface area contributed by atoms with Crippen LogP contribution in [0.1, 0.15) is 79.9 Å². The molecule has 4 rings (SSSR count). The molecule has 2 N–H and O–H groups in total. The summed E-state index contributed by atoms with van der Waals surface area (Å²) in [6.45, 7) is 6.52. The van der Waals surface area contributed by atoms with Gasteiger partial charge in [-0.25, -0.2) is 0 Å². The van der Waals surface area contributed by atoms with Gasteiger partial charge in [0.1, 0.15) is 0 Å². The van der Waals surface area contributed by atoms with Crippen molar-refractivity contribution >= 4 is 28.8 Å². The number of carbonyl (C=O) groups excluding carboxylic acids is 1. The molecule has 0 spiro atoms. The third kappa shape index (κ3) is 6.58. The zero-order chi connectivity index (χ0) is 24.9. The fourth-order valence-electron chi connectivity index (χ4n) is 4.95. The summed E-state index contributed by atoms with van der Waals surface area (Å²) in [6, 6.07) is 26.2. The van der Waals surface area contributed by atoms with Crippen molar-refractivity contribution in [2.45, 2.75) is 70.3 Å². The maximum absolute atomic E-state index is 13.1. The number of rotatable bonds is 7. The van der Waals surface area contributed by atoms with E-state index in [0.29, 0.717) is 16.2 Å². The van der Waals surface area contributed by atoms with Gasteiger partial charge in [0.25, 0.3) is 0 Å². The van der Waals surface area contributed by atoms with Gasteiger partial charge in [-0.15, -0.1) is 0 Å². The van der Waals surface area contributed by atoms with Gasteiger partial charge >= 0.3 is 0 Å². The lowest BCUT2D eigenvalue weighted by molar-refractivity contribution is 0.103. The zero-order valence-electron chi connectivity index (χ0n) is 21.1. The molecule has 0 heterocycles. The van der Waals surface area contributed by atoms with Crippen molar-refractivity contribution in [2.75, 3.05) is 5.32 Å². The Morgan fingerprint density at radius 3 is 2.23 bits per heavy atom. The molecule has 1 aliphatic carbocycles. The van der Waals surface area contributed by atoms with E-state index < -0.39 is 0 Å². The molecule has 3 aromatic carbocycles. The van der Waals surface area contributed by atoms with Crippen molar-refractivity contribution in [1.29, 1.82) is 0 Å². The van der Waals surface area contributed by atoms with Crippen LogP contribution >= 0.6 is 12.2 Å². The number of anilines is 1. The van der Waals surface area contributed by atoms with Crippen molar-refractivity contribution in [1.82, 2.24) is 5.32 Å². The number of hydrogen-bond donors (Lipinski definition) is 2. The standard InChI is InChI=1S/C31H36N2OS/c1-30(2,3)26-16-14-24(15-17-26)28(34)25-12-9-13-27(22-25)32-29(35)33-31(19-7-8-20-31)21-18-23-10-5-4-6-11-23/h4-6,9-17,22H,7-8,18-21H2,1-3H3,(H2,32,33,35). The van der Waals surface area contributed by atoms with E-state index in [1.54, 1.807) is 0 Å². The third-order valence-electron chi connectivity index (χ3n) is 7.07. The van der Waals surface area contributed by atoms with Gasteiger partial charge in [-0.1, -0.05) is 100 Å². The van der Waals surface area contributed by atoms with Crippen molar-refractivity contribution in [3.05, 3.63) is 101 Å². The average Bonchev–Trinajstić information content (AvgIpc) is 3.31. The van der Waals surface area contributed by atoms with E-state index in [1.165, 1.54) is 24.0 Å². The molecule has 4 heteroatoms. The molecule has 35 heavy (non-hydrogen) atoms. The molecule has 1 saturated carbocycles. The fourth-order valence-corrected chi connectivity index (χ4v) is 5.28. The molecule has 0 saturated heterocycles. The summed E-state index contributed by atoms with van der Waals surface area (Å²) in [7, 11) is 0. The molecule has 0 unspecified atom stereocenters. The van der Waals surface area contributed by atoms with Gasteiger partial charge in [0, 0.05) is 22.4 Å². The molecular formula is C31H36N2OS. The Bertz CT molecular complexity index is 1160. The van der Waals surface area contributed by atoms with Crippen LogP contribution in [-0.2, 0) is 11.8 Å². The largest absolute Gasteiger partial charge is 0.357 e. The number of benzene rings is 3. The summed E-state index contributed by atoms with van der Waals surface area (Å²) in [4.78, 5) is 13.1. The highest BCUT2D eigenvalue weighted by Crippen LogP contribution is 2.34. The highest BCUT2D eigenvalue weighted by atomic mass is 32.1. The van der Waals surface area contributed by atoms with Crippen LogP contribution in [0.15, 0.2) is 78.9 Å². The van der Waals surface area contributed by atoms with Crippen molar-refractivity contribution in [3.8, 4) is 0 Å². The van der Waals surface area contributed by atoms with Crippen LogP contribution in [0.2, 0.25) is 0 Å². The summed E-state index contributed by atoms with van der Waals surface area (Å²) in [5.41, 5.74) is 4.85. The topological polar surface area (TPSA) is 41.1 Å². The Morgan fingerprint density at radius 1 is 0.886 bits per heavy atom. The number of thiocarbonyl (C=S) groups is 1. The van der Waals surface area contributed by atoms with Crippen molar-refractivity contribution in [2.24, 2.45) is 0 Å². The third-order valence-corrected chi connectivity index (χ3v) is 7.27. The lowest BCUT2D eigenvalue weighted by Gasteiger charge is -2.32. The second-order valence-corrected chi connectivity index (χ2v) is 11.2. The number of aryl methyl sites for hydroxylation is 1. The highest BCUT2D eigenvalue weighted by molar-refractivity contribution is 7.80.